The van der Waals surface area contributed by atoms with Crippen LogP contribution < -0.4 is 11.1 Å². The van der Waals surface area contributed by atoms with E-state index in [0.29, 0.717) is 53.7 Å². The van der Waals surface area contributed by atoms with Crippen molar-refractivity contribution in [2.75, 3.05) is 6.54 Å². The van der Waals surface area contributed by atoms with Gasteiger partial charge in [0.15, 0.2) is 5.89 Å². The Morgan fingerprint density at radius 2 is 1.79 bits per heavy atom. The number of nitrogens with two attached hydrogens (primary N) is 1. The van der Waals surface area contributed by atoms with Crippen LogP contribution in [0.2, 0.25) is 0 Å². The molecule has 0 saturated heterocycles. The minimum absolute atomic E-state index is 0.237. The van der Waals surface area contributed by atoms with Crippen molar-refractivity contribution < 1.29 is 18.0 Å². The summed E-state index contributed by atoms with van der Waals surface area (Å²) in [6.07, 6.45) is 4.07. The third-order valence-corrected chi connectivity index (χ3v) is 6.10. The number of carbonyl (C=O) groups is 1. The molecule has 1 atom stereocenters. The molecule has 3 N–H and O–H groups in total. The van der Waals surface area contributed by atoms with Gasteiger partial charge in [-0.25, -0.2) is 9.97 Å². The van der Waals surface area contributed by atoms with E-state index in [-0.39, 0.29) is 11.8 Å². The molecule has 0 aliphatic heterocycles. The maximum Gasteiger partial charge on any atom is 0.251 e. The average molecular weight is 513 g/mol. The summed E-state index contributed by atoms with van der Waals surface area (Å²) in [5, 5.41) is 11.4. The maximum absolute atomic E-state index is 13.1. The summed E-state index contributed by atoms with van der Waals surface area (Å²) in [5.74, 6) is 1.97. The number of hydrogen-bond acceptors (Lipinski definition) is 9. The van der Waals surface area contributed by atoms with Crippen molar-refractivity contribution in [1.82, 2.24) is 25.5 Å². The molecule has 1 unspecified atom stereocenters. The first-order valence-electron chi connectivity index (χ1n) is 12.2. The number of oxazole rings is 2. The molecule has 1 amide bonds. The summed E-state index contributed by atoms with van der Waals surface area (Å²) < 4.78 is 17.0. The summed E-state index contributed by atoms with van der Waals surface area (Å²) in [4.78, 5) is 21.7. The second kappa shape index (κ2) is 10.4. The number of hydrogen-bond donors (Lipinski definition) is 2. The van der Waals surface area contributed by atoms with Crippen LogP contribution in [0.5, 0.6) is 0 Å². The Bertz CT molecular complexity index is 1540. The molecule has 5 rings (SSSR count). The third kappa shape index (κ3) is 5.55. The van der Waals surface area contributed by atoms with Crippen LogP contribution in [0.3, 0.4) is 0 Å². The normalized spacial score (nSPS) is 12.8. The van der Waals surface area contributed by atoms with E-state index in [0.717, 1.165) is 17.0 Å². The minimum Gasteiger partial charge on any atom is -0.446 e. The van der Waals surface area contributed by atoms with E-state index >= 15 is 0 Å². The lowest BCUT2D eigenvalue weighted by Crippen LogP contribution is -2.35. The van der Waals surface area contributed by atoms with Crippen LogP contribution in [-0.4, -0.2) is 32.6 Å². The van der Waals surface area contributed by atoms with E-state index in [1.807, 2.05) is 44.2 Å². The minimum atomic E-state index is -0.884. The first-order valence-corrected chi connectivity index (χ1v) is 12.2. The lowest BCUT2D eigenvalue weighted by molar-refractivity contribution is 0.0954. The van der Waals surface area contributed by atoms with Crippen molar-refractivity contribution in [3.05, 3.63) is 95.4 Å². The molecule has 194 valence electrons. The SMILES string of the molecule is Cc1nc(CCNC(=O)c2cc(-c3ncco3)cc(-c3nnc(C(C)(N)Cc4ccccc4)o3)c2)c(C)o1. The van der Waals surface area contributed by atoms with E-state index in [4.69, 9.17) is 19.0 Å². The number of aromatic nitrogens is 4. The zero-order valence-electron chi connectivity index (χ0n) is 21.4. The van der Waals surface area contributed by atoms with E-state index in [2.05, 4.69) is 25.5 Å². The zero-order valence-corrected chi connectivity index (χ0v) is 21.4. The molecule has 0 fully saturated rings. The van der Waals surface area contributed by atoms with E-state index in [1.165, 1.54) is 12.5 Å². The summed E-state index contributed by atoms with van der Waals surface area (Å²) in [5.41, 5.74) is 9.08. The predicted molar refractivity (Wildman–Crippen MR) is 139 cm³/mol. The molecule has 0 saturated carbocycles. The fourth-order valence-electron chi connectivity index (χ4n) is 4.24. The topological polar surface area (TPSA) is 146 Å². The van der Waals surface area contributed by atoms with Gasteiger partial charge in [0.25, 0.3) is 5.91 Å². The van der Waals surface area contributed by atoms with Crippen LogP contribution in [0.15, 0.2) is 74.2 Å². The highest BCUT2D eigenvalue weighted by Gasteiger charge is 2.29. The molecule has 0 radical (unpaired) electrons. The van der Waals surface area contributed by atoms with Crippen LogP contribution in [0, 0.1) is 13.8 Å². The van der Waals surface area contributed by atoms with Crippen LogP contribution in [0.4, 0.5) is 0 Å². The molecule has 3 aromatic heterocycles. The average Bonchev–Trinajstić information content (AvgIpc) is 3.66. The van der Waals surface area contributed by atoms with E-state index < -0.39 is 5.54 Å². The molecule has 2 aromatic carbocycles. The zero-order chi connectivity index (χ0) is 26.7. The Hall–Kier alpha value is -4.57. The van der Waals surface area contributed by atoms with Gasteiger partial charge in [0, 0.05) is 36.6 Å². The van der Waals surface area contributed by atoms with Crippen LogP contribution >= 0.6 is 0 Å². The quantitative estimate of drug-likeness (QED) is 0.293. The molecule has 10 heteroatoms. The first kappa shape index (κ1) is 25.1. The van der Waals surface area contributed by atoms with Gasteiger partial charge < -0.3 is 24.3 Å². The van der Waals surface area contributed by atoms with Gasteiger partial charge in [-0.15, -0.1) is 10.2 Å². The van der Waals surface area contributed by atoms with Crippen molar-refractivity contribution in [3.63, 3.8) is 0 Å². The summed E-state index contributed by atoms with van der Waals surface area (Å²) in [6, 6.07) is 15.0. The molecule has 0 aliphatic rings. The van der Waals surface area contributed by atoms with Gasteiger partial charge >= 0.3 is 0 Å². The summed E-state index contributed by atoms with van der Waals surface area (Å²) in [6.45, 7) is 5.88. The molecular formula is C28H28N6O4. The molecule has 5 aromatic rings. The number of nitrogens with one attached hydrogen (secondary N) is 1. The number of carbonyl (C=O) groups excluding carboxylic acids is 1. The molecule has 0 spiro atoms. The molecule has 0 bridgehead atoms. The highest BCUT2D eigenvalue weighted by Crippen LogP contribution is 2.30. The highest BCUT2D eigenvalue weighted by atomic mass is 16.4. The first-order chi connectivity index (χ1) is 18.3. The summed E-state index contributed by atoms with van der Waals surface area (Å²) >= 11 is 0. The van der Waals surface area contributed by atoms with Gasteiger partial charge in [-0.05, 0) is 44.0 Å². The van der Waals surface area contributed by atoms with E-state index in [9.17, 15) is 4.79 Å². The second-order valence-corrected chi connectivity index (χ2v) is 9.37. The van der Waals surface area contributed by atoms with Gasteiger partial charge in [-0.3, -0.25) is 4.79 Å². The predicted octanol–water partition coefficient (Wildman–Crippen LogP) is 4.39. The molecule has 3 heterocycles. The van der Waals surface area contributed by atoms with Gasteiger partial charge in [0.05, 0.1) is 17.4 Å². The number of rotatable bonds is 9. The standard InChI is InChI=1S/C28H28N6O4/c1-17-23(32-18(2)37-17)9-10-30-24(35)20-13-21(25-31-11-12-36-25)15-22(14-20)26-33-34-27(38-26)28(3,29)16-19-7-5-4-6-8-19/h4-8,11-15H,9-10,16,29H2,1-3H3,(H,30,35). The second-order valence-electron chi connectivity index (χ2n) is 9.37. The maximum atomic E-state index is 13.1. The molecular weight excluding hydrogens is 484 g/mol. The van der Waals surface area contributed by atoms with Crippen LogP contribution in [-0.2, 0) is 18.4 Å². The molecule has 0 aliphatic carbocycles. The van der Waals surface area contributed by atoms with Crippen molar-refractivity contribution in [2.45, 2.75) is 39.2 Å². The fourth-order valence-corrected chi connectivity index (χ4v) is 4.24. The highest BCUT2D eigenvalue weighted by molar-refractivity contribution is 5.96. The number of benzene rings is 2. The molecule has 38 heavy (non-hydrogen) atoms. The fraction of sp³-hybridized carbons (Fsp3) is 0.250. The van der Waals surface area contributed by atoms with Crippen molar-refractivity contribution in [2.24, 2.45) is 5.73 Å². The monoisotopic (exact) mass is 512 g/mol. The third-order valence-electron chi connectivity index (χ3n) is 6.10. The van der Waals surface area contributed by atoms with Gasteiger partial charge in [-0.1, -0.05) is 30.3 Å². The summed E-state index contributed by atoms with van der Waals surface area (Å²) in [7, 11) is 0. The number of amides is 1. The molecule has 10 nitrogen and oxygen atoms in total. The smallest absolute Gasteiger partial charge is 0.251 e. The van der Waals surface area contributed by atoms with E-state index in [1.54, 1.807) is 25.1 Å². The Labute approximate surface area is 219 Å². The lowest BCUT2D eigenvalue weighted by Gasteiger charge is -2.20. The van der Waals surface area contributed by atoms with Crippen LogP contribution in [0.25, 0.3) is 22.9 Å². The van der Waals surface area contributed by atoms with Gasteiger partial charge in [0.2, 0.25) is 17.7 Å². The number of aryl methyl sites for hydroxylation is 2. The number of nitrogens with zero attached hydrogens (tertiary/aromatic N) is 4. The largest absolute Gasteiger partial charge is 0.446 e. The van der Waals surface area contributed by atoms with Gasteiger partial charge in [-0.2, -0.15) is 0 Å². The van der Waals surface area contributed by atoms with Crippen molar-refractivity contribution in [1.29, 1.82) is 0 Å². The van der Waals surface area contributed by atoms with Crippen molar-refractivity contribution >= 4 is 5.91 Å². The Morgan fingerprint density at radius 1 is 1.03 bits per heavy atom. The Morgan fingerprint density at radius 3 is 2.47 bits per heavy atom. The van der Waals surface area contributed by atoms with Crippen molar-refractivity contribution in [3.8, 4) is 22.9 Å². The Kier molecular flexibility index (Phi) is 6.89. The van der Waals surface area contributed by atoms with Gasteiger partial charge in [0.1, 0.15) is 12.0 Å². The lowest BCUT2D eigenvalue weighted by atomic mass is 9.94. The van der Waals surface area contributed by atoms with Crippen LogP contribution in [0.1, 0.15) is 46.1 Å². The Balaban J connectivity index is 1.39.